The molecule has 256 valence electrons. The van der Waals surface area contributed by atoms with Crippen LogP contribution < -0.4 is 10.6 Å². The van der Waals surface area contributed by atoms with Crippen LogP contribution >= 0.6 is 0 Å². The van der Waals surface area contributed by atoms with Gasteiger partial charge in [0.25, 0.3) is 0 Å². The van der Waals surface area contributed by atoms with E-state index in [0.29, 0.717) is 25.3 Å². The molecular formula is C39H73N3O2. The van der Waals surface area contributed by atoms with Crippen molar-refractivity contribution >= 4 is 17.8 Å². The van der Waals surface area contributed by atoms with Gasteiger partial charge in [-0.15, -0.1) is 0 Å². The van der Waals surface area contributed by atoms with E-state index in [-0.39, 0.29) is 11.8 Å². The number of carbonyl (C=O) groups is 2. The fourth-order valence-electron chi connectivity index (χ4n) is 5.37. The Kier molecular flexibility index (Phi) is 34.0. The van der Waals surface area contributed by atoms with Crippen molar-refractivity contribution in [2.75, 3.05) is 6.54 Å². The molecule has 0 heterocycles. The number of amides is 2. The van der Waals surface area contributed by atoms with E-state index in [9.17, 15) is 9.59 Å². The van der Waals surface area contributed by atoms with Gasteiger partial charge in [-0.2, -0.15) is 0 Å². The van der Waals surface area contributed by atoms with E-state index in [0.717, 1.165) is 25.7 Å². The Labute approximate surface area is 274 Å². The third-order valence-corrected chi connectivity index (χ3v) is 8.16. The van der Waals surface area contributed by atoms with Crippen molar-refractivity contribution in [2.45, 2.75) is 201 Å². The normalized spacial score (nSPS) is 11.4. The van der Waals surface area contributed by atoms with Gasteiger partial charge in [0.2, 0.25) is 17.8 Å². The first-order valence-corrected chi connectivity index (χ1v) is 19.1. The molecule has 0 unspecified atom stereocenters. The molecule has 0 spiro atoms. The first-order valence-electron chi connectivity index (χ1n) is 19.1. The molecule has 0 atom stereocenters. The van der Waals surface area contributed by atoms with Crippen LogP contribution in [-0.4, -0.2) is 24.3 Å². The van der Waals surface area contributed by atoms with Crippen LogP contribution in [0.4, 0.5) is 0 Å². The zero-order chi connectivity index (χ0) is 32.2. The fourth-order valence-corrected chi connectivity index (χ4v) is 5.37. The lowest BCUT2D eigenvalue weighted by Gasteiger charge is -2.10. The Morgan fingerprint density at radius 1 is 0.432 bits per heavy atom. The monoisotopic (exact) mass is 616 g/mol. The molecule has 0 bridgehead atoms. The van der Waals surface area contributed by atoms with E-state index in [1.54, 1.807) is 0 Å². The molecule has 0 aromatic carbocycles. The molecule has 0 fully saturated rings. The Balaban J connectivity index is 3.72. The molecule has 0 aromatic rings. The molecule has 0 aliphatic carbocycles. The lowest BCUT2D eigenvalue weighted by molar-refractivity contribution is -0.120. The van der Waals surface area contributed by atoms with Crippen molar-refractivity contribution in [3.8, 4) is 0 Å². The molecule has 0 radical (unpaired) electrons. The molecule has 0 saturated heterocycles. The van der Waals surface area contributed by atoms with Gasteiger partial charge >= 0.3 is 0 Å². The molecular weight excluding hydrogens is 542 g/mol. The Hall–Kier alpha value is -1.91. The lowest BCUT2D eigenvalue weighted by Crippen LogP contribution is -2.43. The summed E-state index contributed by atoms with van der Waals surface area (Å²) >= 11 is 0. The number of nitrogens with one attached hydrogen (secondary N) is 2. The number of allylic oxidation sites excluding steroid dienone is 4. The minimum absolute atomic E-state index is 0.0591. The number of unbranched alkanes of at least 4 members (excludes halogenated alkanes) is 22. The fraction of sp³-hybridized carbons (Fsp3) is 0.821. The number of hydrogen-bond acceptors (Lipinski definition) is 3. The largest absolute Gasteiger partial charge is 0.296 e. The molecule has 0 rings (SSSR count). The number of carbonyl (C=O) groups excluding carboxylic acids is 2. The van der Waals surface area contributed by atoms with Gasteiger partial charge in [0.05, 0.1) is 0 Å². The minimum atomic E-state index is -0.0591. The van der Waals surface area contributed by atoms with Crippen LogP contribution in [0.25, 0.3) is 0 Å². The summed E-state index contributed by atoms with van der Waals surface area (Å²) < 4.78 is 0. The van der Waals surface area contributed by atoms with E-state index in [1.165, 1.54) is 141 Å². The average Bonchev–Trinajstić information content (AvgIpc) is 3.01. The molecule has 2 amide bonds. The molecule has 0 aromatic heterocycles. The zero-order valence-electron chi connectivity index (χ0n) is 29.6. The highest BCUT2D eigenvalue weighted by atomic mass is 16.2. The molecule has 5 heteroatoms. The van der Waals surface area contributed by atoms with Gasteiger partial charge in [0, 0.05) is 19.4 Å². The second-order valence-electron chi connectivity index (χ2n) is 12.6. The summed E-state index contributed by atoms with van der Waals surface area (Å²) in [5, 5.41) is 5.63. The van der Waals surface area contributed by atoms with Crippen LogP contribution in [0.5, 0.6) is 0 Å². The second kappa shape index (κ2) is 35.6. The van der Waals surface area contributed by atoms with Crippen molar-refractivity contribution in [3.05, 3.63) is 24.3 Å². The number of rotatable bonds is 31. The van der Waals surface area contributed by atoms with Crippen LogP contribution in [0.2, 0.25) is 0 Å². The Bertz CT molecular complexity index is 673. The maximum atomic E-state index is 12.4. The Morgan fingerprint density at radius 3 is 1.05 bits per heavy atom. The quantitative estimate of drug-likeness (QED) is 0.0352. The smallest absolute Gasteiger partial charge is 0.226 e. The van der Waals surface area contributed by atoms with Crippen LogP contribution in [0.1, 0.15) is 201 Å². The number of guanidine groups is 1. The third kappa shape index (κ3) is 33.0. The van der Waals surface area contributed by atoms with Gasteiger partial charge in [-0.1, -0.05) is 141 Å². The van der Waals surface area contributed by atoms with E-state index in [4.69, 9.17) is 0 Å². The Morgan fingerprint density at radius 2 is 0.727 bits per heavy atom. The van der Waals surface area contributed by atoms with Gasteiger partial charge < -0.3 is 0 Å². The molecule has 44 heavy (non-hydrogen) atoms. The van der Waals surface area contributed by atoms with Crippen LogP contribution in [0, 0.1) is 0 Å². The standard InChI is InChI=1S/C39H73N3O2/c1-4-7-9-11-13-15-17-19-21-23-25-27-29-31-33-35-37(43)41-39(40-6-3)42-38(44)36-34-32-30-28-26-24-22-20-18-16-14-12-10-8-5-2/h19-22H,4-18,23-36H2,1-3H3,(H2,40,41,42,43,44)/b21-19-,22-20-. The summed E-state index contributed by atoms with van der Waals surface area (Å²) in [5.41, 5.74) is 0. The summed E-state index contributed by atoms with van der Waals surface area (Å²) in [4.78, 5) is 29.1. The van der Waals surface area contributed by atoms with E-state index >= 15 is 0 Å². The van der Waals surface area contributed by atoms with Crippen molar-refractivity contribution in [1.82, 2.24) is 10.6 Å². The van der Waals surface area contributed by atoms with Crippen molar-refractivity contribution in [3.63, 3.8) is 0 Å². The molecule has 0 aliphatic heterocycles. The molecule has 0 saturated carbocycles. The number of aliphatic imine (C=N–C) groups is 1. The topological polar surface area (TPSA) is 70.6 Å². The van der Waals surface area contributed by atoms with Gasteiger partial charge in [-0.05, 0) is 71.1 Å². The van der Waals surface area contributed by atoms with Gasteiger partial charge in [0.1, 0.15) is 0 Å². The van der Waals surface area contributed by atoms with Gasteiger partial charge in [-0.25, -0.2) is 0 Å². The lowest BCUT2D eigenvalue weighted by atomic mass is 10.1. The summed E-state index contributed by atoms with van der Waals surface area (Å²) in [6, 6.07) is 0. The second-order valence-corrected chi connectivity index (χ2v) is 12.6. The number of nitrogens with zero attached hydrogens (tertiary/aromatic N) is 1. The predicted molar refractivity (Wildman–Crippen MR) is 193 cm³/mol. The first-order chi connectivity index (χ1) is 21.6. The summed E-state index contributed by atoms with van der Waals surface area (Å²) in [6.07, 6.45) is 42.6. The number of hydrogen-bond donors (Lipinski definition) is 2. The molecule has 2 N–H and O–H groups in total. The zero-order valence-corrected chi connectivity index (χ0v) is 29.6. The summed E-state index contributed by atoms with van der Waals surface area (Å²) in [7, 11) is 0. The van der Waals surface area contributed by atoms with Gasteiger partial charge in [-0.3, -0.25) is 25.2 Å². The van der Waals surface area contributed by atoms with E-state index < -0.39 is 0 Å². The third-order valence-electron chi connectivity index (χ3n) is 8.16. The van der Waals surface area contributed by atoms with E-state index in [1.807, 2.05) is 6.92 Å². The molecule has 0 aliphatic rings. The highest BCUT2D eigenvalue weighted by Gasteiger charge is 2.09. The summed E-state index contributed by atoms with van der Waals surface area (Å²) in [6.45, 7) is 6.97. The van der Waals surface area contributed by atoms with Crippen molar-refractivity contribution in [2.24, 2.45) is 4.99 Å². The highest BCUT2D eigenvalue weighted by molar-refractivity contribution is 6.04. The first kappa shape index (κ1) is 42.1. The SMILES string of the molecule is CCCCCCCC/C=C\CCCCCCCC(=O)NC(=NCC)NC(=O)CCCCCCC/C=C\CCCCCCCC. The average molecular weight is 616 g/mol. The van der Waals surface area contributed by atoms with E-state index in [2.05, 4.69) is 53.8 Å². The van der Waals surface area contributed by atoms with Crippen molar-refractivity contribution in [1.29, 1.82) is 0 Å². The predicted octanol–water partition coefficient (Wildman–Crippen LogP) is 11.7. The maximum absolute atomic E-state index is 12.4. The van der Waals surface area contributed by atoms with Crippen molar-refractivity contribution < 1.29 is 9.59 Å². The van der Waals surface area contributed by atoms with Crippen LogP contribution in [0.15, 0.2) is 29.3 Å². The maximum Gasteiger partial charge on any atom is 0.226 e. The molecule has 5 nitrogen and oxygen atoms in total. The van der Waals surface area contributed by atoms with Crippen LogP contribution in [0.3, 0.4) is 0 Å². The summed E-state index contributed by atoms with van der Waals surface area (Å²) in [5.74, 6) is 0.190. The van der Waals surface area contributed by atoms with Crippen LogP contribution in [-0.2, 0) is 9.59 Å². The minimum Gasteiger partial charge on any atom is -0.296 e. The highest BCUT2D eigenvalue weighted by Crippen LogP contribution is 2.11. The van der Waals surface area contributed by atoms with Gasteiger partial charge in [0.15, 0.2) is 0 Å².